The van der Waals surface area contributed by atoms with Gasteiger partial charge in [-0.15, -0.1) is 5.10 Å². The van der Waals surface area contributed by atoms with Gasteiger partial charge in [0.2, 0.25) is 5.91 Å². The normalized spacial score (nSPS) is 20.2. The van der Waals surface area contributed by atoms with Crippen LogP contribution < -0.4 is 10.1 Å². The van der Waals surface area contributed by atoms with Crippen molar-refractivity contribution in [1.29, 1.82) is 0 Å². The predicted molar refractivity (Wildman–Crippen MR) is 127 cm³/mol. The molecule has 0 aromatic carbocycles. The van der Waals surface area contributed by atoms with Crippen LogP contribution in [-0.4, -0.2) is 92.0 Å². The Balaban J connectivity index is 1.30. The zero-order valence-corrected chi connectivity index (χ0v) is 20.0. The number of likely N-dealkylation sites (tertiary alicyclic amines) is 1. The van der Waals surface area contributed by atoms with Crippen molar-refractivity contribution in [3.8, 4) is 5.75 Å². The number of hydrogen-bond donors (Lipinski definition) is 1. The molecule has 12 nitrogen and oxygen atoms in total. The third-order valence-electron chi connectivity index (χ3n) is 6.11. The second-order valence-electron chi connectivity index (χ2n) is 8.93. The molecule has 1 N–H and O–H groups in total. The molecule has 0 radical (unpaired) electrons. The van der Waals surface area contributed by atoms with Gasteiger partial charge in [0.1, 0.15) is 12.3 Å². The van der Waals surface area contributed by atoms with E-state index in [0.29, 0.717) is 44.2 Å². The number of carbonyl (C=O) groups is 2. The Labute approximate surface area is 208 Å². The summed E-state index contributed by atoms with van der Waals surface area (Å²) in [6, 6.07) is 6.85. The number of nitrogens with zero attached hydrogens (tertiary/aromatic N) is 7. The molecule has 0 spiro atoms. The van der Waals surface area contributed by atoms with E-state index in [1.54, 1.807) is 46.5 Å². The summed E-state index contributed by atoms with van der Waals surface area (Å²) in [4.78, 5) is 38.3. The number of aromatic nitrogens is 5. The molecule has 0 saturated carbocycles. The van der Waals surface area contributed by atoms with Crippen molar-refractivity contribution >= 4 is 11.8 Å². The number of fused-ring (bicyclic) bond motifs is 4. The van der Waals surface area contributed by atoms with Crippen molar-refractivity contribution in [2.45, 2.75) is 31.8 Å². The molecule has 0 unspecified atom stereocenters. The van der Waals surface area contributed by atoms with Gasteiger partial charge in [-0.05, 0) is 30.8 Å². The third-order valence-corrected chi connectivity index (χ3v) is 6.11. The van der Waals surface area contributed by atoms with Gasteiger partial charge in [0, 0.05) is 38.2 Å². The molecule has 2 atom stereocenters. The number of likely N-dealkylation sites (N-methyl/N-ethyl adjacent to an activating group) is 1. The van der Waals surface area contributed by atoms with Crippen molar-refractivity contribution in [3.63, 3.8) is 0 Å². The molecule has 188 valence electrons. The fraction of sp³-hybridized carbons (Fsp3) is 0.417. The number of ether oxygens (including phenoxy) is 2. The van der Waals surface area contributed by atoms with Crippen LogP contribution in [0.1, 0.15) is 21.7 Å². The minimum atomic E-state index is -0.419. The smallest absolute Gasteiger partial charge is 0.274 e. The van der Waals surface area contributed by atoms with Crippen molar-refractivity contribution in [3.05, 3.63) is 66.0 Å². The Kier molecular flexibility index (Phi) is 7.14. The SMILES string of the molecule is CN(CC(=O)N1C[C@@H]2NC(=O)c3ncccc3OCCn3cc(nn3)CO[C@H]2C1)Cc1cccnc1. The van der Waals surface area contributed by atoms with Gasteiger partial charge in [0.05, 0.1) is 38.0 Å². The minimum absolute atomic E-state index is 0.0440. The van der Waals surface area contributed by atoms with Crippen LogP contribution >= 0.6 is 0 Å². The van der Waals surface area contributed by atoms with Crippen LogP contribution in [0.2, 0.25) is 0 Å². The van der Waals surface area contributed by atoms with E-state index < -0.39 is 12.1 Å². The zero-order chi connectivity index (χ0) is 24.9. The number of carbonyl (C=O) groups excluding carboxylic acids is 2. The van der Waals surface area contributed by atoms with Gasteiger partial charge in [-0.1, -0.05) is 11.3 Å². The summed E-state index contributed by atoms with van der Waals surface area (Å²) in [6.45, 7) is 2.49. The first-order chi connectivity index (χ1) is 17.5. The summed E-state index contributed by atoms with van der Waals surface area (Å²) >= 11 is 0. The molecule has 2 amide bonds. The third kappa shape index (κ3) is 5.66. The maximum atomic E-state index is 13.1. The highest BCUT2D eigenvalue weighted by Gasteiger charge is 2.38. The second kappa shape index (κ2) is 10.8. The molecule has 36 heavy (non-hydrogen) atoms. The largest absolute Gasteiger partial charge is 0.489 e. The van der Waals surface area contributed by atoms with Gasteiger partial charge in [-0.3, -0.25) is 19.5 Å². The molecule has 1 saturated heterocycles. The molecule has 2 bridgehead atoms. The zero-order valence-electron chi connectivity index (χ0n) is 20.0. The van der Waals surface area contributed by atoms with Crippen molar-refractivity contribution in [2.24, 2.45) is 0 Å². The van der Waals surface area contributed by atoms with Crippen LogP contribution in [0.5, 0.6) is 5.75 Å². The van der Waals surface area contributed by atoms with E-state index >= 15 is 0 Å². The average molecular weight is 493 g/mol. The summed E-state index contributed by atoms with van der Waals surface area (Å²) in [5, 5.41) is 11.3. The summed E-state index contributed by atoms with van der Waals surface area (Å²) < 4.78 is 13.6. The van der Waals surface area contributed by atoms with Crippen LogP contribution in [0.25, 0.3) is 0 Å². The van der Waals surface area contributed by atoms with Gasteiger partial charge >= 0.3 is 0 Å². The Morgan fingerprint density at radius 1 is 1.25 bits per heavy atom. The van der Waals surface area contributed by atoms with E-state index in [4.69, 9.17) is 9.47 Å². The molecule has 1 fully saturated rings. The first kappa shape index (κ1) is 23.8. The highest BCUT2D eigenvalue weighted by Crippen LogP contribution is 2.20. The highest BCUT2D eigenvalue weighted by molar-refractivity contribution is 5.95. The maximum absolute atomic E-state index is 13.1. The average Bonchev–Trinajstić information content (AvgIpc) is 3.50. The van der Waals surface area contributed by atoms with Crippen LogP contribution in [0.15, 0.2) is 49.1 Å². The Morgan fingerprint density at radius 3 is 3.00 bits per heavy atom. The quantitative estimate of drug-likeness (QED) is 0.540. The molecule has 3 aromatic heterocycles. The molecule has 2 aliphatic rings. The second-order valence-corrected chi connectivity index (χ2v) is 8.93. The van der Waals surface area contributed by atoms with Gasteiger partial charge in [0.15, 0.2) is 11.4 Å². The lowest BCUT2D eigenvalue weighted by atomic mass is 10.2. The van der Waals surface area contributed by atoms with Gasteiger partial charge in [-0.2, -0.15) is 0 Å². The molecule has 5 rings (SSSR count). The minimum Gasteiger partial charge on any atom is -0.489 e. The first-order valence-corrected chi connectivity index (χ1v) is 11.8. The molecular formula is C24H28N8O4. The predicted octanol–water partition coefficient (Wildman–Crippen LogP) is 0.119. The van der Waals surface area contributed by atoms with Crippen LogP contribution in [0, 0.1) is 0 Å². The van der Waals surface area contributed by atoms with Crippen molar-refractivity contribution < 1.29 is 19.1 Å². The molecular weight excluding hydrogens is 464 g/mol. The fourth-order valence-electron chi connectivity index (χ4n) is 4.34. The van der Waals surface area contributed by atoms with Gasteiger partial charge in [0.25, 0.3) is 5.91 Å². The van der Waals surface area contributed by atoms with Crippen LogP contribution in [-0.2, 0) is 29.2 Å². The number of nitrogens with one attached hydrogen (secondary N) is 1. The molecule has 3 aromatic rings. The standard InChI is InChI=1S/C24H28N8O4/c1-30(11-17-4-2-6-25-10-17)15-22(33)31-13-19-21(14-31)36-16-18-12-32(29-28-18)8-9-35-20-5-3-7-26-23(20)24(34)27-19/h2-7,10,12,19,21H,8-9,11,13-16H2,1H3,(H,27,34)/t19-,21-/m0/s1. The Morgan fingerprint density at radius 2 is 2.14 bits per heavy atom. The summed E-state index contributed by atoms with van der Waals surface area (Å²) in [5.74, 6) is -0.0357. The topological polar surface area (TPSA) is 128 Å². The number of pyridine rings is 2. The molecule has 12 heteroatoms. The highest BCUT2D eigenvalue weighted by atomic mass is 16.5. The van der Waals surface area contributed by atoms with E-state index in [0.717, 1.165) is 5.56 Å². The number of amides is 2. The molecule has 5 heterocycles. The summed E-state index contributed by atoms with van der Waals surface area (Å²) in [6.07, 6.45) is 6.44. The lowest BCUT2D eigenvalue weighted by Crippen LogP contribution is -2.44. The Bertz CT molecular complexity index is 1200. The van der Waals surface area contributed by atoms with E-state index in [2.05, 4.69) is 25.6 Å². The summed E-state index contributed by atoms with van der Waals surface area (Å²) in [5.41, 5.74) is 1.88. The van der Waals surface area contributed by atoms with Crippen molar-refractivity contribution in [1.82, 2.24) is 40.1 Å². The van der Waals surface area contributed by atoms with E-state index in [-0.39, 0.29) is 30.7 Å². The molecule has 0 aliphatic carbocycles. The molecule has 2 aliphatic heterocycles. The lowest BCUT2D eigenvalue weighted by Gasteiger charge is -2.21. The van der Waals surface area contributed by atoms with E-state index in [1.807, 2.05) is 24.1 Å². The maximum Gasteiger partial charge on any atom is 0.274 e. The van der Waals surface area contributed by atoms with Crippen LogP contribution in [0.4, 0.5) is 0 Å². The van der Waals surface area contributed by atoms with E-state index in [9.17, 15) is 9.59 Å². The number of hydrogen-bond acceptors (Lipinski definition) is 9. The Hall–Kier alpha value is -3.90. The van der Waals surface area contributed by atoms with Crippen molar-refractivity contribution in [2.75, 3.05) is 33.3 Å². The van der Waals surface area contributed by atoms with Crippen LogP contribution in [0.3, 0.4) is 0 Å². The fourth-order valence-corrected chi connectivity index (χ4v) is 4.34. The van der Waals surface area contributed by atoms with E-state index in [1.165, 1.54) is 0 Å². The first-order valence-electron chi connectivity index (χ1n) is 11.8. The summed E-state index contributed by atoms with van der Waals surface area (Å²) in [7, 11) is 1.89. The van der Waals surface area contributed by atoms with Gasteiger partial charge < -0.3 is 19.7 Å². The lowest BCUT2D eigenvalue weighted by molar-refractivity contribution is -0.131. The monoisotopic (exact) mass is 492 g/mol. The van der Waals surface area contributed by atoms with Gasteiger partial charge in [-0.25, -0.2) is 9.67 Å². The number of rotatable bonds is 4.